The van der Waals surface area contributed by atoms with Crippen LogP contribution in [0.2, 0.25) is 0 Å². The third kappa shape index (κ3) is 3.61. The predicted molar refractivity (Wildman–Crippen MR) is 91.6 cm³/mol. The zero-order valence-electron chi connectivity index (χ0n) is 13.1. The van der Waals surface area contributed by atoms with Crippen molar-refractivity contribution < 1.29 is 19.6 Å². The SMILES string of the molecule is Nc1cccc[n+]1-c1ccc(N=Nc2ccc(O)c(C(=O)O)c2)cc1. The molecule has 0 unspecified atom stereocenters. The molecule has 0 aliphatic carbocycles. The van der Waals surface area contributed by atoms with E-state index in [2.05, 4.69) is 10.2 Å². The molecular formula is C18H15N4O3+. The lowest BCUT2D eigenvalue weighted by atomic mass is 10.2. The van der Waals surface area contributed by atoms with E-state index in [-0.39, 0.29) is 11.3 Å². The number of anilines is 1. The van der Waals surface area contributed by atoms with Crippen LogP contribution in [0.1, 0.15) is 10.4 Å². The van der Waals surface area contributed by atoms with Crippen LogP contribution in [0.4, 0.5) is 17.2 Å². The van der Waals surface area contributed by atoms with E-state index >= 15 is 0 Å². The highest BCUT2D eigenvalue weighted by atomic mass is 16.4. The average Bonchev–Trinajstić information content (AvgIpc) is 2.62. The second kappa shape index (κ2) is 6.79. The molecule has 124 valence electrons. The highest BCUT2D eigenvalue weighted by molar-refractivity contribution is 5.91. The van der Waals surface area contributed by atoms with Gasteiger partial charge in [0, 0.05) is 6.07 Å². The van der Waals surface area contributed by atoms with Gasteiger partial charge in [-0.05, 0) is 48.5 Å². The molecule has 0 fully saturated rings. The van der Waals surface area contributed by atoms with E-state index in [1.54, 1.807) is 18.2 Å². The molecule has 0 saturated carbocycles. The van der Waals surface area contributed by atoms with Crippen LogP contribution in [-0.2, 0) is 0 Å². The maximum atomic E-state index is 11.0. The number of phenols is 1. The number of hydrogen-bond donors (Lipinski definition) is 3. The van der Waals surface area contributed by atoms with Crippen LogP contribution in [-0.4, -0.2) is 16.2 Å². The van der Waals surface area contributed by atoms with Gasteiger partial charge in [-0.3, -0.25) is 5.73 Å². The Morgan fingerprint density at radius 3 is 2.32 bits per heavy atom. The van der Waals surface area contributed by atoms with Crippen molar-refractivity contribution in [2.45, 2.75) is 0 Å². The van der Waals surface area contributed by atoms with Crippen LogP contribution < -0.4 is 10.3 Å². The van der Waals surface area contributed by atoms with Crippen molar-refractivity contribution in [1.29, 1.82) is 0 Å². The smallest absolute Gasteiger partial charge is 0.339 e. The van der Waals surface area contributed by atoms with Gasteiger partial charge in [-0.1, -0.05) is 6.07 Å². The fourth-order valence-corrected chi connectivity index (χ4v) is 2.24. The number of carbonyl (C=O) groups is 1. The van der Waals surface area contributed by atoms with Crippen LogP contribution in [0.3, 0.4) is 0 Å². The highest BCUT2D eigenvalue weighted by Gasteiger charge is 2.10. The first-order chi connectivity index (χ1) is 12.0. The van der Waals surface area contributed by atoms with E-state index < -0.39 is 5.97 Å². The number of nitrogens with zero attached hydrogens (tertiary/aromatic N) is 3. The minimum atomic E-state index is -1.23. The summed E-state index contributed by atoms with van der Waals surface area (Å²) in [5.41, 5.74) is 7.53. The van der Waals surface area contributed by atoms with Crippen LogP contribution >= 0.6 is 0 Å². The van der Waals surface area contributed by atoms with Crippen molar-refractivity contribution >= 4 is 23.2 Å². The number of aromatic nitrogens is 1. The molecule has 7 heteroatoms. The molecule has 3 rings (SSSR count). The Hall–Kier alpha value is -3.74. The van der Waals surface area contributed by atoms with Gasteiger partial charge < -0.3 is 10.2 Å². The molecule has 0 spiro atoms. The second-order valence-electron chi connectivity index (χ2n) is 5.22. The summed E-state index contributed by atoms with van der Waals surface area (Å²) in [6, 6.07) is 16.8. The van der Waals surface area contributed by atoms with Gasteiger partial charge in [-0.25, -0.2) is 9.36 Å². The van der Waals surface area contributed by atoms with E-state index in [1.165, 1.54) is 18.2 Å². The molecule has 0 amide bonds. The minimum Gasteiger partial charge on any atom is -0.507 e. The van der Waals surface area contributed by atoms with E-state index in [1.807, 2.05) is 35.0 Å². The summed E-state index contributed by atoms with van der Waals surface area (Å²) in [5, 5.41) is 26.6. The quantitative estimate of drug-likeness (QED) is 0.501. The van der Waals surface area contributed by atoms with E-state index in [0.717, 1.165) is 5.69 Å². The number of aromatic carboxylic acids is 1. The van der Waals surface area contributed by atoms with Crippen LogP contribution in [0.15, 0.2) is 77.1 Å². The molecule has 7 nitrogen and oxygen atoms in total. The minimum absolute atomic E-state index is 0.220. The zero-order valence-corrected chi connectivity index (χ0v) is 13.1. The first kappa shape index (κ1) is 16.1. The molecule has 2 aromatic carbocycles. The number of nitrogen functional groups attached to an aromatic ring is 1. The molecular weight excluding hydrogens is 320 g/mol. The molecule has 0 aliphatic heterocycles. The molecule has 3 aromatic rings. The number of carboxylic acid groups (broad SMARTS) is 1. The van der Waals surface area contributed by atoms with E-state index in [9.17, 15) is 9.90 Å². The Morgan fingerprint density at radius 2 is 1.64 bits per heavy atom. The van der Waals surface area contributed by atoms with Crippen molar-refractivity contribution in [3.63, 3.8) is 0 Å². The fraction of sp³-hybridized carbons (Fsp3) is 0. The highest BCUT2D eigenvalue weighted by Crippen LogP contribution is 2.25. The zero-order chi connectivity index (χ0) is 17.8. The first-order valence-electron chi connectivity index (χ1n) is 7.39. The number of benzene rings is 2. The molecule has 0 saturated heterocycles. The van der Waals surface area contributed by atoms with Crippen molar-refractivity contribution in [1.82, 2.24) is 0 Å². The van der Waals surface area contributed by atoms with Gasteiger partial charge in [0.05, 0.1) is 17.6 Å². The Bertz CT molecular complexity index is 953. The molecule has 0 radical (unpaired) electrons. The lowest BCUT2D eigenvalue weighted by molar-refractivity contribution is -0.580. The third-order valence-electron chi connectivity index (χ3n) is 3.51. The van der Waals surface area contributed by atoms with Gasteiger partial charge in [-0.2, -0.15) is 10.2 Å². The summed E-state index contributed by atoms with van der Waals surface area (Å²) in [6.45, 7) is 0. The van der Waals surface area contributed by atoms with Crippen LogP contribution in [0.25, 0.3) is 5.69 Å². The van der Waals surface area contributed by atoms with Gasteiger partial charge in [0.25, 0.3) is 5.82 Å². The van der Waals surface area contributed by atoms with Gasteiger partial charge >= 0.3 is 5.97 Å². The standard InChI is InChI=1S/C18H14N4O3/c19-17-3-1-2-10-22(17)14-7-4-12(5-8-14)20-21-13-6-9-16(23)15(11-13)18(24)25/h1-11,19H,(H2,20,23,24,25)/p+1. The summed E-state index contributed by atoms with van der Waals surface area (Å²) < 4.78 is 1.83. The van der Waals surface area contributed by atoms with Crippen molar-refractivity contribution in [3.05, 3.63) is 72.4 Å². The summed E-state index contributed by atoms with van der Waals surface area (Å²) in [6.07, 6.45) is 1.86. The topological polar surface area (TPSA) is 112 Å². The summed E-state index contributed by atoms with van der Waals surface area (Å²) in [4.78, 5) is 11.0. The molecule has 1 aromatic heterocycles. The first-order valence-corrected chi connectivity index (χ1v) is 7.39. The van der Waals surface area contributed by atoms with Crippen molar-refractivity contribution in [3.8, 4) is 11.4 Å². The largest absolute Gasteiger partial charge is 0.507 e. The predicted octanol–water partition coefficient (Wildman–Crippen LogP) is 3.36. The van der Waals surface area contributed by atoms with Gasteiger partial charge in [-0.15, -0.1) is 0 Å². The van der Waals surface area contributed by atoms with E-state index in [0.29, 0.717) is 17.2 Å². The Morgan fingerprint density at radius 1 is 0.960 bits per heavy atom. The number of carboxylic acids is 1. The molecule has 25 heavy (non-hydrogen) atoms. The maximum Gasteiger partial charge on any atom is 0.339 e. The number of azo groups is 1. The summed E-state index contributed by atoms with van der Waals surface area (Å²) in [7, 11) is 0. The number of hydrogen-bond acceptors (Lipinski definition) is 5. The molecule has 1 heterocycles. The lowest BCUT2D eigenvalue weighted by Crippen LogP contribution is -2.33. The van der Waals surface area contributed by atoms with Crippen molar-refractivity contribution in [2.24, 2.45) is 10.2 Å². The summed E-state index contributed by atoms with van der Waals surface area (Å²) in [5.74, 6) is -0.924. The molecule has 4 N–H and O–H groups in total. The second-order valence-corrected chi connectivity index (χ2v) is 5.22. The molecule has 0 bridgehead atoms. The van der Waals surface area contributed by atoms with Gasteiger partial charge in [0.15, 0.2) is 0 Å². The molecule has 0 atom stereocenters. The fourth-order valence-electron chi connectivity index (χ4n) is 2.24. The number of nitrogens with two attached hydrogens (primary N) is 1. The van der Waals surface area contributed by atoms with Crippen molar-refractivity contribution in [2.75, 3.05) is 5.73 Å². The Balaban J connectivity index is 1.82. The maximum absolute atomic E-state index is 11.0. The molecule has 0 aliphatic rings. The van der Waals surface area contributed by atoms with Gasteiger partial charge in [0.2, 0.25) is 0 Å². The monoisotopic (exact) mass is 335 g/mol. The van der Waals surface area contributed by atoms with Crippen LogP contribution in [0.5, 0.6) is 5.75 Å². The Labute approximate surface area is 143 Å². The van der Waals surface area contributed by atoms with Crippen LogP contribution in [0, 0.1) is 0 Å². The number of rotatable bonds is 4. The average molecular weight is 335 g/mol. The van der Waals surface area contributed by atoms with Gasteiger partial charge in [0.1, 0.15) is 17.0 Å². The normalized spacial score (nSPS) is 10.9. The number of aromatic hydroxyl groups is 1. The van der Waals surface area contributed by atoms with E-state index in [4.69, 9.17) is 10.8 Å². The number of pyridine rings is 1. The Kier molecular flexibility index (Phi) is 4.38. The summed E-state index contributed by atoms with van der Waals surface area (Å²) >= 11 is 0. The third-order valence-corrected chi connectivity index (χ3v) is 3.51. The lowest BCUT2D eigenvalue weighted by Gasteiger charge is -2.02.